The molecule has 1 atom stereocenters. The standard InChI is InChI=1S/C13H19NO3S/c1-9-12(13(15)16-2)6-11(17-9)7-14-10-4-3-5-18-8-10/h6,10,14H,3-5,7-8H2,1-2H3. The molecule has 1 unspecified atom stereocenters. The van der Waals surface area contributed by atoms with Gasteiger partial charge < -0.3 is 14.5 Å². The summed E-state index contributed by atoms with van der Waals surface area (Å²) in [6.07, 6.45) is 2.49. The number of ether oxygens (including phenoxy) is 1. The fourth-order valence-corrected chi connectivity index (χ4v) is 3.20. The van der Waals surface area contributed by atoms with Crippen molar-refractivity contribution in [3.8, 4) is 0 Å². The zero-order valence-electron chi connectivity index (χ0n) is 10.8. The van der Waals surface area contributed by atoms with E-state index in [2.05, 4.69) is 5.32 Å². The lowest BCUT2D eigenvalue weighted by Gasteiger charge is -2.21. The van der Waals surface area contributed by atoms with E-state index in [1.54, 1.807) is 13.0 Å². The van der Waals surface area contributed by atoms with E-state index >= 15 is 0 Å². The second-order valence-corrected chi connectivity index (χ2v) is 5.62. The van der Waals surface area contributed by atoms with Gasteiger partial charge in [-0.05, 0) is 31.6 Å². The fraction of sp³-hybridized carbons (Fsp3) is 0.615. The van der Waals surface area contributed by atoms with Crippen LogP contribution in [-0.4, -0.2) is 30.6 Å². The zero-order chi connectivity index (χ0) is 13.0. The summed E-state index contributed by atoms with van der Waals surface area (Å²) in [5.41, 5.74) is 0.521. The molecule has 0 amide bonds. The average Bonchev–Trinajstić information content (AvgIpc) is 2.78. The number of carbonyl (C=O) groups is 1. The fourth-order valence-electron chi connectivity index (χ4n) is 2.09. The van der Waals surface area contributed by atoms with Gasteiger partial charge in [0.15, 0.2) is 0 Å². The molecule has 1 aromatic rings. The first-order valence-corrected chi connectivity index (χ1v) is 7.35. The first kappa shape index (κ1) is 13.5. The van der Waals surface area contributed by atoms with Crippen molar-refractivity contribution >= 4 is 17.7 Å². The van der Waals surface area contributed by atoms with Gasteiger partial charge in [-0.3, -0.25) is 0 Å². The van der Waals surface area contributed by atoms with Crippen LogP contribution in [0.25, 0.3) is 0 Å². The highest BCUT2D eigenvalue weighted by Crippen LogP contribution is 2.19. The van der Waals surface area contributed by atoms with E-state index in [1.165, 1.54) is 25.7 Å². The summed E-state index contributed by atoms with van der Waals surface area (Å²) in [6.45, 7) is 2.45. The summed E-state index contributed by atoms with van der Waals surface area (Å²) >= 11 is 1.99. The third-order valence-corrected chi connectivity index (χ3v) is 4.31. The number of esters is 1. The molecular weight excluding hydrogens is 250 g/mol. The van der Waals surface area contributed by atoms with Crippen LogP contribution in [0, 0.1) is 6.92 Å². The van der Waals surface area contributed by atoms with Crippen molar-refractivity contribution in [1.29, 1.82) is 0 Å². The largest absolute Gasteiger partial charge is 0.465 e. The summed E-state index contributed by atoms with van der Waals surface area (Å²) in [7, 11) is 1.38. The van der Waals surface area contributed by atoms with Gasteiger partial charge >= 0.3 is 5.97 Å². The van der Waals surface area contributed by atoms with Crippen LogP contribution >= 0.6 is 11.8 Å². The maximum atomic E-state index is 11.4. The molecule has 2 heterocycles. The summed E-state index contributed by atoms with van der Waals surface area (Å²) in [6, 6.07) is 2.32. The molecule has 1 aliphatic heterocycles. The van der Waals surface area contributed by atoms with Crippen LogP contribution in [0.2, 0.25) is 0 Å². The quantitative estimate of drug-likeness (QED) is 0.850. The predicted octanol–water partition coefficient (Wildman–Crippen LogP) is 2.36. The van der Waals surface area contributed by atoms with Gasteiger partial charge in [0.1, 0.15) is 17.1 Å². The van der Waals surface area contributed by atoms with Gasteiger partial charge in [0, 0.05) is 11.8 Å². The van der Waals surface area contributed by atoms with Crippen LogP contribution in [0.4, 0.5) is 0 Å². The predicted molar refractivity (Wildman–Crippen MR) is 72.0 cm³/mol. The van der Waals surface area contributed by atoms with Crippen molar-refractivity contribution in [2.75, 3.05) is 18.6 Å². The van der Waals surface area contributed by atoms with E-state index in [-0.39, 0.29) is 5.97 Å². The molecule has 1 aromatic heterocycles. The van der Waals surface area contributed by atoms with Crippen molar-refractivity contribution in [2.24, 2.45) is 0 Å². The van der Waals surface area contributed by atoms with E-state index in [1.807, 2.05) is 11.8 Å². The van der Waals surface area contributed by atoms with E-state index < -0.39 is 0 Å². The van der Waals surface area contributed by atoms with Crippen LogP contribution < -0.4 is 5.32 Å². The third kappa shape index (κ3) is 3.29. The molecule has 0 aromatic carbocycles. The number of rotatable bonds is 4. The highest BCUT2D eigenvalue weighted by Gasteiger charge is 2.17. The molecular formula is C13H19NO3S. The summed E-state index contributed by atoms with van der Waals surface area (Å²) in [4.78, 5) is 11.4. The van der Waals surface area contributed by atoms with Crippen LogP contribution in [0.5, 0.6) is 0 Å². The van der Waals surface area contributed by atoms with Crippen LogP contribution in [-0.2, 0) is 11.3 Å². The highest BCUT2D eigenvalue weighted by atomic mass is 32.2. The Hall–Kier alpha value is -0.940. The van der Waals surface area contributed by atoms with Crippen LogP contribution in [0.15, 0.2) is 10.5 Å². The molecule has 1 aliphatic rings. The van der Waals surface area contributed by atoms with Gasteiger partial charge in [-0.15, -0.1) is 0 Å². The number of methoxy groups -OCH3 is 1. The van der Waals surface area contributed by atoms with Gasteiger partial charge in [0.25, 0.3) is 0 Å². The SMILES string of the molecule is COC(=O)c1cc(CNC2CCCSC2)oc1C. The Bertz CT molecular complexity index is 410. The van der Waals surface area contributed by atoms with Gasteiger partial charge in [0.2, 0.25) is 0 Å². The van der Waals surface area contributed by atoms with Crippen molar-refractivity contribution in [3.63, 3.8) is 0 Å². The maximum absolute atomic E-state index is 11.4. The van der Waals surface area contributed by atoms with E-state index in [0.29, 0.717) is 23.9 Å². The van der Waals surface area contributed by atoms with Gasteiger partial charge in [-0.25, -0.2) is 4.79 Å². The number of thioether (sulfide) groups is 1. The van der Waals surface area contributed by atoms with Gasteiger partial charge in [-0.1, -0.05) is 0 Å². The minimum absolute atomic E-state index is 0.337. The molecule has 4 nitrogen and oxygen atoms in total. The Morgan fingerprint density at radius 2 is 2.50 bits per heavy atom. The van der Waals surface area contributed by atoms with Crippen molar-refractivity contribution in [1.82, 2.24) is 5.32 Å². The molecule has 2 rings (SSSR count). The van der Waals surface area contributed by atoms with Crippen molar-refractivity contribution in [2.45, 2.75) is 32.4 Å². The highest BCUT2D eigenvalue weighted by molar-refractivity contribution is 7.99. The first-order chi connectivity index (χ1) is 8.70. The molecule has 0 spiro atoms. The maximum Gasteiger partial charge on any atom is 0.341 e. The second-order valence-electron chi connectivity index (χ2n) is 4.47. The zero-order valence-corrected chi connectivity index (χ0v) is 11.6. The average molecular weight is 269 g/mol. The molecule has 18 heavy (non-hydrogen) atoms. The van der Waals surface area contributed by atoms with Crippen molar-refractivity contribution < 1.29 is 13.9 Å². The number of nitrogens with one attached hydrogen (secondary N) is 1. The number of hydrogen-bond acceptors (Lipinski definition) is 5. The molecule has 0 aliphatic carbocycles. The third-order valence-electron chi connectivity index (χ3n) is 3.10. The number of carbonyl (C=O) groups excluding carboxylic acids is 1. The Morgan fingerprint density at radius 3 is 3.17 bits per heavy atom. The van der Waals surface area contributed by atoms with Crippen molar-refractivity contribution in [3.05, 3.63) is 23.2 Å². The molecule has 0 radical (unpaired) electrons. The minimum Gasteiger partial charge on any atom is -0.465 e. The Kier molecular flexibility index (Phi) is 4.72. The number of furan rings is 1. The molecule has 1 fully saturated rings. The van der Waals surface area contributed by atoms with Crippen LogP contribution in [0.1, 0.15) is 34.7 Å². The number of hydrogen-bond donors (Lipinski definition) is 1. The smallest absolute Gasteiger partial charge is 0.341 e. The Labute approximate surface area is 111 Å². The van der Waals surface area contributed by atoms with Crippen LogP contribution in [0.3, 0.4) is 0 Å². The minimum atomic E-state index is -0.337. The first-order valence-electron chi connectivity index (χ1n) is 6.19. The Morgan fingerprint density at radius 1 is 1.67 bits per heavy atom. The van der Waals surface area contributed by atoms with Gasteiger partial charge in [0.05, 0.1) is 13.7 Å². The second kappa shape index (κ2) is 6.29. The molecule has 0 bridgehead atoms. The molecule has 5 heteroatoms. The summed E-state index contributed by atoms with van der Waals surface area (Å²) in [5.74, 6) is 3.50. The van der Waals surface area contributed by atoms with E-state index in [9.17, 15) is 4.79 Å². The molecule has 100 valence electrons. The topological polar surface area (TPSA) is 51.5 Å². The molecule has 1 N–H and O–H groups in total. The molecule has 0 saturated carbocycles. The van der Waals surface area contributed by atoms with E-state index in [0.717, 1.165) is 11.5 Å². The Balaban J connectivity index is 1.91. The normalized spacial score (nSPS) is 19.8. The number of aryl methyl sites for hydroxylation is 1. The summed E-state index contributed by atoms with van der Waals surface area (Å²) < 4.78 is 10.3. The lowest BCUT2D eigenvalue weighted by molar-refractivity contribution is 0.0599. The lowest BCUT2D eigenvalue weighted by Crippen LogP contribution is -2.33. The monoisotopic (exact) mass is 269 g/mol. The van der Waals surface area contributed by atoms with Gasteiger partial charge in [-0.2, -0.15) is 11.8 Å². The van der Waals surface area contributed by atoms with E-state index in [4.69, 9.17) is 9.15 Å². The molecule has 1 saturated heterocycles. The lowest BCUT2D eigenvalue weighted by atomic mass is 10.2. The summed E-state index contributed by atoms with van der Waals surface area (Å²) in [5, 5.41) is 3.47.